The highest BCUT2D eigenvalue weighted by atomic mass is 16.6. The quantitative estimate of drug-likeness (QED) is 0.617. The molecule has 0 bridgehead atoms. The van der Waals surface area contributed by atoms with Gasteiger partial charge in [-0.05, 0) is 58.8 Å². The lowest BCUT2D eigenvalue weighted by atomic mass is 9.74. The van der Waals surface area contributed by atoms with Gasteiger partial charge in [-0.1, -0.05) is 24.3 Å². The zero-order chi connectivity index (χ0) is 23.1. The van der Waals surface area contributed by atoms with Crippen LogP contribution >= 0.6 is 0 Å². The predicted octanol–water partition coefficient (Wildman–Crippen LogP) is 4.66. The van der Waals surface area contributed by atoms with E-state index in [-0.39, 0.29) is 17.5 Å². The third kappa shape index (κ3) is 4.67. The van der Waals surface area contributed by atoms with Crippen molar-refractivity contribution in [3.05, 3.63) is 53.6 Å². The van der Waals surface area contributed by atoms with Gasteiger partial charge in [-0.3, -0.25) is 4.79 Å². The Morgan fingerprint density at radius 2 is 1.88 bits per heavy atom. The largest absolute Gasteiger partial charge is 0.492 e. The normalized spacial score (nSPS) is 21.1. The zero-order valence-electron chi connectivity index (χ0n) is 19.8. The van der Waals surface area contributed by atoms with Crippen LogP contribution < -0.4 is 14.2 Å². The second-order valence-corrected chi connectivity index (χ2v) is 10.4. The van der Waals surface area contributed by atoms with Crippen molar-refractivity contribution in [3.8, 4) is 17.2 Å². The minimum atomic E-state index is -0.426. The summed E-state index contributed by atoms with van der Waals surface area (Å²) < 4.78 is 23.6. The van der Waals surface area contributed by atoms with Gasteiger partial charge in [-0.2, -0.15) is 0 Å². The van der Waals surface area contributed by atoms with E-state index in [1.165, 1.54) is 5.56 Å². The van der Waals surface area contributed by atoms with Gasteiger partial charge < -0.3 is 23.8 Å². The molecule has 6 heteroatoms. The van der Waals surface area contributed by atoms with Crippen LogP contribution in [0.3, 0.4) is 0 Å². The van der Waals surface area contributed by atoms with Gasteiger partial charge in [0.2, 0.25) is 0 Å². The second kappa shape index (κ2) is 8.56. The maximum atomic E-state index is 12.0. The van der Waals surface area contributed by atoms with Crippen LogP contribution in [0.15, 0.2) is 42.5 Å². The lowest BCUT2D eigenvalue weighted by Crippen LogP contribution is -2.44. The number of hydrogen-bond acceptors (Lipinski definition) is 6. The topological polar surface area (TPSA) is 57.2 Å². The van der Waals surface area contributed by atoms with Crippen LogP contribution in [-0.2, 0) is 14.9 Å². The maximum absolute atomic E-state index is 12.0. The average Bonchev–Trinajstić information content (AvgIpc) is 3.34. The Balaban J connectivity index is 1.18. The van der Waals surface area contributed by atoms with Gasteiger partial charge in [0.05, 0.1) is 13.0 Å². The van der Waals surface area contributed by atoms with Gasteiger partial charge in [0.1, 0.15) is 29.5 Å². The predicted molar refractivity (Wildman–Crippen MR) is 125 cm³/mol. The molecule has 1 unspecified atom stereocenters. The van der Waals surface area contributed by atoms with Crippen LogP contribution in [0, 0.1) is 0 Å². The van der Waals surface area contributed by atoms with Crippen LogP contribution in [0.5, 0.6) is 17.2 Å². The molecule has 3 aliphatic rings. The molecule has 1 saturated heterocycles. The molecule has 0 amide bonds. The lowest BCUT2D eigenvalue weighted by molar-refractivity contribution is -0.155. The molecule has 0 saturated carbocycles. The first-order valence-corrected chi connectivity index (χ1v) is 11.9. The van der Waals surface area contributed by atoms with Gasteiger partial charge in [0, 0.05) is 29.2 Å². The van der Waals surface area contributed by atoms with Gasteiger partial charge in [-0.15, -0.1) is 0 Å². The van der Waals surface area contributed by atoms with Gasteiger partial charge in [0.15, 0.2) is 6.10 Å². The first kappa shape index (κ1) is 22.1. The summed E-state index contributed by atoms with van der Waals surface area (Å²) in [6, 6.07) is 14.3. The molecule has 176 valence electrons. The molecule has 0 aliphatic carbocycles. The van der Waals surface area contributed by atoms with Crippen LogP contribution in [0.1, 0.15) is 57.3 Å². The molecule has 2 aromatic rings. The van der Waals surface area contributed by atoms with E-state index in [0.29, 0.717) is 19.6 Å². The molecule has 0 aromatic heterocycles. The maximum Gasteiger partial charge on any atom is 0.307 e. The minimum absolute atomic E-state index is 0.0549. The van der Waals surface area contributed by atoms with Crippen LogP contribution in [-0.4, -0.2) is 49.3 Å². The summed E-state index contributed by atoms with van der Waals surface area (Å²) in [6.45, 7) is 9.62. The van der Waals surface area contributed by atoms with E-state index < -0.39 is 5.60 Å². The van der Waals surface area contributed by atoms with E-state index in [1.807, 2.05) is 45.0 Å². The molecule has 2 aromatic carbocycles. The molecule has 0 radical (unpaired) electrons. The monoisotopic (exact) mass is 451 g/mol. The first-order valence-electron chi connectivity index (χ1n) is 11.9. The Bertz CT molecular complexity index is 1020. The summed E-state index contributed by atoms with van der Waals surface area (Å²) in [5, 5.41) is 0. The van der Waals surface area contributed by atoms with Gasteiger partial charge in [-0.25, -0.2) is 0 Å². The number of rotatable bonds is 5. The third-order valence-electron chi connectivity index (χ3n) is 6.83. The SMILES string of the molecule is CC(C)(C)OC(=O)CCN1CCC2(CC1)COc1cc(OC3COc4ccccc43)ccc12. The van der Waals surface area contributed by atoms with Crippen LogP contribution in [0.4, 0.5) is 0 Å². The number of benzene rings is 2. The molecule has 0 N–H and O–H groups in total. The standard InChI is InChI=1S/C27H33NO5/c1-26(2,3)33-25(29)10-13-28-14-11-27(12-15-28)18-31-23-16-19(8-9-21(23)27)32-24-17-30-22-7-5-4-6-20(22)24/h4-9,16,24H,10-15,17-18H2,1-3H3. The summed E-state index contributed by atoms with van der Waals surface area (Å²) in [4.78, 5) is 14.4. The fraction of sp³-hybridized carbons (Fsp3) is 0.519. The molecule has 1 spiro atoms. The molecule has 3 heterocycles. The summed E-state index contributed by atoms with van der Waals surface area (Å²) in [7, 11) is 0. The van der Waals surface area contributed by atoms with E-state index >= 15 is 0 Å². The third-order valence-corrected chi connectivity index (χ3v) is 6.83. The molecule has 1 fully saturated rings. The number of carbonyl (C=O) groups is 1. The number of hydrogen-bond donors (Lipinski definition) is 0. The smallest absolute Gasteiger partial charge is 0.307 e. The molecular formula is C27H33NO5. The fourth-order valence-corrected chi connectivity index (χ4v) is 5.08. The summed E-state index contributed by atoms with van der Waals surface area (Å²) in [6.07, 6.45) is 2.39. The van der Waals surface area contributed by atoms with Gasteiger partial charge in [0.25, 0.3) is 0 Å². The molecule has 33 heavy (non-hydrogen) atoms. The molecule has 3 aliphatic heterocycles. The Hall–Kier alpha value is -2.73. The zero-order valence-corrected chi connectivity index (χ0v) is 19.8. The number of fused-ring (bicyclic) bond motifs is 3. The van der Waals surface area contributed by atoms with Crippen molar-refractivity contribution in [2.45, 2.75) is 57.2 Å². The van der Waals surface area contributed by atoms with E-state index in [9.17, 15) is 4.79 Å². The lowest BCUT2D eigenvalue weighted by Gasteiger charge is -2.38. The Morgan fingerprint density at radius 3 is 2.67 bits per heavy atom. The minimum Gasteiger partial charge on any atom is -0.492 e. The number of nitrogens with zero attached hydrogens (tertiary/aromatic N) is 1. The van der Waals surface area contributed by atoms with Crippen molar-refractivity contribution in [3.63, 3.8) is 0 Å². The number of para-hydroxylation sites is 1. The first-order chi connectivity index (χ1) is 15.8. The highest BCUT2D eigenvalue weighted by molar-refractivity contribution is 5.70. The number of piperidine rings is 1. The van der Waals surface area contributed by atoms with Crippen molar-refractivity contribution in [2.75, 3.05) is 32.8 Å². The highest BCUT2D eigenvalue weighted by Crippen LogP contribution is 2.47. The van der Waals surface area contributed by atoms with Crippen molar-refractivity contribution in [2.24, 2.45) is 0 Å². The molecule has 1 atom stereocenters. The Morgan fingerprint density at radius 1 is 1.09 bits per heavy atom. The number of carbonyl (C=O) groups excluding carboxylic acids is 1. The van der Waals surface area contributed by atoms with Crippen LogP contribution in [0.25, 0.3) is 0 Å². The summed E-state index contributed by atoms with van der Waals surface area (Å²) >= 11 is 0. The molecule has 6 nitrogen and oxygen atoms in total. The summed E-state index contributed by atoms with van der Waals surface area (Å²) in [5.74, 6) is 2.52. The number of ether oxygens (including phenoxy) is 4. The van der Waals surface area contributed by atoms with Crippen molar-refractivity contribution in [1.29, 1.82) is 0 Å². The van der Waals surface area contributed by atoms with Crippen molar-refractivity contribution in [1.82, 2.24) is 4.90 Å². The van der Waals surface area contributed by atoms with E-state index in [0.717, 1.165) is 55.3 Å². The number of esters is 1. The number of likely N-dealkylation sites (tertiary alicyclic amines) is 1. The van der Waals surface area contributed by atoms with Crippen molar-refractivity contribution >= 4 is 5.97 Å². The van der Waals surface area contributed by atoms with E-state index in [4.69, 9.17) is 18.9 Å². The second-order valence-electron chi connectivity index (χ2n) is 10.4. The van der Waals surface area contributed by atoms with E-state index in [2.05, 4.69) is 23.1 Å². The molecule has 5 rings (SSSR count). The van der Waals surface area contributed by atoms with Crippen molar-refractivity contribution < 1.29 is 23.7 Å². The Labute approximate surface area is 195 Å². The van der Waals surface area contributed by atoms with Crippen LogP contribution in [0.2, 0.25) is 0 Å². The Kier molecular flexibility index (Phi) is 5.73. The van der Waals surface area contributed by atoms with Gasteiger partial charge >= 0.3 is 5.97 Å². The highest BCUT2D eigenvalue weighted by Gasteiger charge is 2.43. The molecular weight excluding hydrogens is 418 g/mol. The van der Waals surface area contributed by atoms with E-state index in [1.54, 1.807) is 0 Å². The average molecular weight is 452 g/mol. The summed E-state index contributed by atoms with van der Waals surface area (Å²) in [5.41, 5.74) is 2.00. The fourth-order valence-electron chi connectivity index (χ4n) is 5.08.